The molecule has 0 fully saturated rings. The second-order valence-electron chi connectivity index (χ2n) is 10.1. The smallest absolute Gasteiger partial charge is 0.305 e. The van der Waals surface area contributed by atoms with Gasteiger partial charge in [0.25, 0.3) is 11.4 Å². The molecule has 2 heterocycles. The number of carboxylic acids is 2. The summed E-state index contributed by atoms with van der Waals surface area (Å²) >= 11 is 0. The van der Waals surface area contributed by atoms with Crippen molar-refractivity contribution in [1.29, 1.82) is 0 Å². The lowest BCUT2D eigenvalue weighted by Crippen LogP contribution is -2.06. The van der Waals surface area contributed by atoms with Crippen molar-refractivity contribution in [2.45, 2.75) is 25.9 Å². The first-order valence-corrected chi connectivity index (χ1v) is 14.0. The maximum atomic E-state index is 11.0. The highest BCUT2D eigenvalue weighted by Crippen LogP contribution is 2.29. The highest BCUT2D eigenvalue weighted by Gasteiger charge is 2.18. The molecule has 0 aliphatic carbocycles. The van der Waals surface area contributed by atoms with Crippen LogP contribution in [0.15, 0.2) is 97.1 Å². The average Bonchev–Trinajstić information content (AvgIpc) is 3.61. The topological polar surface area (TPSA) is 197 Å². The number of aliphatic carboxylic acids is 2. The van der Waals surface area contributed by atoms with Crippen molar-refractivity contribution in [2.75, 3.05) is 0 Å². The molecule has 0 unspecified atom stereocenters. The number of hydrogen-bond donors (Lipinski definition) is 2. The number of fused-ring (bicyclic) bond motifs is 2. The Kier molecular flexibility index (Phi) is 9.07. The number of carboxylic acid groups (broad SMARTS) is 2. The monoisotopic (exact) mass is 622 g/mol. The SMILES string of the molecule is O=C(O)CCn1c(-c2ccccc2)nc2cc([N+](=O)[O-])ccc21.O=C(O)CCn1c(-c2ccccc2)nc2ccc([N+](=O)[O-])cc21. The Morgan fingerprint density at radius 3 is 1.57 bits per heavy atom. The Morgan fingerprint density at radius 1 is 0.609 bits per heavy atom. The fourth-order valence-electron chi connectivity index (χ4n) is 4.94. The minimum Gasteiger partial charge on any atom is -0.481 e. The van der Waals surface area contributed by atoms with Crippen molar-refractivity contribution >= 4 is 45.4 Å². The Hall–Kier alpha value is -6.44. The molecule has 0 saturated carbocycles. The molecule has 232 valence electrons. The van der Waals surface area contributed by atoms with Crippen LogP contribution in [0.3, 0.4) is 0 Å². The molecule has 6 aromatic rings. The van der Waals surface area contributed by atoms with Crippen LogP contribution in [0.25, 0.3) is 44.8 Å². The van der Waals surface area contributed by atoms with E-state index in [0.29, 0.717) is 33.7 Å². The molecular weight excluding hydrogens is 596 g/mol. The number of non-ortho nitro benzene ring substituents is 2. The third-order valence-electron chi connectivity index (χ3n) is 7.05. The maximum absolute atomic E-state index is 11.0. The third kappa shape index (κ3) is 6.86. The highest BCUT2D eigenvalue weighted by atomic mass is 16.6. The summed E-state index contributed by atoms with van der Waals surface area (Å²) in [5.74, 6) is -0.645. The van der Waals surface area contributed by atoms with Crippen LogP contribution in [0, 0.1) is 20.2 Å². The summed E-state index contributed by atoms with van der Waals surface area (Å²) in [5.41, 5.74) is 3.88. The zero-order valence-electron chi connectivity index (χ0n) is 24.1. The van der Waals surface area contributed by atoms with Crippen LogP contribution >= 0.6 is 0 Å². The fraction of sp³-hybridized carbons (Fsp3) is 0.125. The van der Waals surface area contributed by atoms with Crippen molar-refractivity contribution in [3.8, 4) is 22.8 Å². The quantitative estimate of drug-likeness (QED) is 0.132. The van der Waals surface area contributed by atoms with Gasteiger partial charge >= 0.3 is 11.9 Å². The summed E-state index contributed by atoms with van der Waals surface area (Å²) in [6.07, 6.45) is -0.143. The molecule has 2 N–H and O–H groups in total. The minimum absolute atomic E-state index is 0.0417. The summed E-state index contributed by atoms with van der Waals surface area (Å²) in [7, 11) is 0. The molecule has 0 bridgehead atoms. The molecule has 0 radical (unpaired) electrons. The highest BCUT2D eigenvalue weighted by molar-refractivity contribution is 5.84. The number of nitro groups is 2. The summed E-state index contributed by atoms with van der Waals surface area (Å²) in [4.78, 5) is 51.7. The molecule has 0 saturated heterocycles. The summed E-state index contributed by atoms with van der Waals surface area (Å²) in [6, 6.07) is 27.5. The van der Waals surface area contributed by atoms with E-state index in [1.807, 2.05) is 60.7 Å². The normalized spacial score (nSPS) is 10.8. The Labute approximate surface area is 260 Å². The number of imidazole rings is 2. The van der Waals surface area contributed by atoms with Gasteiger partial charge in [-0.3, -0.25) is 29.8 Å². The van der Waals surface area contributed by atoms with E-state index in [4.69, 9.17) is 10.2 Å². The van der Waals surface area contributed by atoms with E-state index < -0.39 is 21.8 Å². The van der Waals surface area contributed by atoms with Gasteiger partial charge in [0.05, 0.1) is 44.8 Å². The van der Waals surface area contributed by atoms with Crippen LogP contribution in [0.5, 0.6) is 0 Å². The average molecular weight is 623 g/mol. The molecule has 46 heavy (non-hydrogen) atoms. The van der Waals surface area contributed by atoms with E-state index >= 15 is 0 Å². The zero-order chi connectivity index (χ0) is 32.8. The molecule has 14 heteroatoms. The molecule has 14 nitrogen and oxygen atoms in total. The Bertz CT molecular complexity index is 2040. The standard InChI is InChI=1S/2C16H13N3O4/c20-15(21)8-9-18-14-7-6-12(19(22)23)10-13(14)17-16(18)11-4-2-1-3-5-11;20-15(21)8-9-18-14-10-12(19(22)23)6-7-13(14)17-16(18)11-4-2-1-3-5-11/h2*1-7,10H,8-9H2,(H,20,21). The second-order valence-corrected chi connectivity index (χ2v) is 10.1. The van der Waals surface area contributed by atoms with Crippen LogP contribution in [0.4, 0.5) is 11.4 Å². The van der Waals surface area contributed by atoms with Crippen LogP contribution < -0.4 is 0 Å². The number of benzene rings is 4. The first-order chi connectivity index (χ1) is 22.1. The summed E-state index contributed by atoms with van der Waals surface area (Å²) in [5, 5.41) is 39.8. The number of hydrogen-bond acceptors (Lipinski definition) is 8. The number of aryl methyl sites for hydroxylation is 2. The number of rotatable bonds is 10. The molecule has 0 aliphatic rings. The predicted octanol–water partition coefficient (Wildman–Crippen LogP) is 6.17. The molecule has 6 rings (SSSR count). The van der Waals surface area contributed by atoms with Crippen molar-refractivity contribution in [3.63, 3.8) is 0 Å². The Morgan fingerprint density at radius 2 is 1.07 bits per heavy atom. The van der Waals surface area contributed by atoms with Gasteiger partial charge in [0, 0.05) is 48.5 Å². The first kappa shape index (κ1) is 31.0. The summed E-state index contributed by atoms with van der Waals surface area (Å²) in [6.45, 7) is 0.436. The maximum Gasteiger partial charge on any atom is 0.305 e. The summed E-state index contributed by atoms with van der Waals surface area (Å²) < 4.78 is 3.49. The number of nitro benzene ring substituents is 2. The lowest BCUT2D eigenvalue weighted by atomic mass is 10.2. The first-order valence-electron chi connectivity index (χ1n) is 14.0. The van der Waals surface area contributed by atoms with Crippen molar-refractivity contribution < 1.29 is 29.6 Å². The zero-order valence-corrected chi connectivity index (χ0v) is 24.1. The van der Waals surface area contributed by atoms with E-state index in [9.17, 15) is 29.8 Å². The van der Waals surface area contributed by atoms with Crippen molar-refractivity contribution in [1.82, 2.24) is 19.1 Å². The fourth-order valence-corrected chi connectivity index (χ4v) is 4.94. The third-order valence-corrected chi connectivity index (χ3v) is 7.05. The van der Waals surface area contributed by atoms with Crippen LogP contribution in [-0.2, 0) is 22.7 Å². The number of nitrogens with zero attached hydrogens (tertiary/aromatic N) is 6. The molecule has 0 atom stereocenters. The van der Waals surface area contributed by atoms with Gasteiger partial charge in [0.1, 0.15) is 11.6 Å². The predicted molar refractivity (Wildman–Crippen MR) is 168 cm³/mol. The van der Waals surface area contributed by atoms with Gasteiger partial charge < -0.3 is 19.3 Å². The van der Waals surface area contributed by atoms with Gasteiger partial charge in [0.15, 0.2) is 0 Å². The van der Waals surface area contributed by atoms with E-state index in [0.717, 1.165) is 11.1 Å². The molecular formula is C32H26N6O8. The van der Waals surface area contributed by atoms with Gasteiger partial charge in [-0.25, -0.2) is 9.97 Å². The minimum atomic E-state index is -0.934. The van der Waals surface area contributed by atoms with Crippen molar-refractivity contribution in [2.24, 2.45) is 0 Å². The Balaban J connectivity index is 0.000000181. The van der Waals surface area contributed by atoms with E-state index in [-0.39, 0.29) is 37.3 Å². The van der Waals surface area contributed by atoms with Crippen LogP contribution in [-0.4, -0.2) is 51.1 Å². The lowest BCUT2D eigenvalue weighted by Gasteiger charge is -2.07. The molecule has 2 aromatic heterocycles. The van der Waals surface area contributed by atoms with Crippen LogP contribution in [0.2, 0.25) is 0 Å². The van der Waals surface area contributed by atoms with Gasteiger partial charge in [-0.2, -0.15) is 0 Å². The van der Waals surface area contributed by atoms with Gasteiger partial charge in [0.2, 0.25) is 0 Å². The second kappa shape index (κ2) is 13.5. The van der Waals surface area contributed by atoms with Gasteiger partial charge in [-0.1, -0.05) is 60.7 Å². The molecule has 4 aromatic carbocycles. The molecule has 0 spiro atoms. The molecule has 0 amide bonds. The van der Waals surface area contributed by atoms with E-state index in [1.54, 1.807) is 21.3 Å². The van der Waals surface area contributed by atoms with Gasteiger partial charge in [-0.05, 0) is 12.1 Å². The van der Waals surface area contributed by atoms with E-state index in [2.05, 4.69) is 9.97 Å². The largest absolute Gasteiger partial charge is 0.481 e. The van der Waals surface area contributed by atoms with Gasteiger partial charge in [-0.15, -0.1) is 0 Å². The lowest BCUT2D eigenvalue weighted by molar-refractivity contribution is -0.384. The van der Waals surface area contributed by atoms with E-state index in [1.165, 1.54) is 24.3 Å². The van der Waals surface area contributed by atoms with Crippen molar-refractivity contribution in [3.05, 3.63) is 117 Å². The van der Waals surface area contributed by atoms with Crippen LogP contribution in [0.1, 0.15) is 12.8 Å². The number of aromatic nitrogens is 4. The molecule has 0 aliphatic heterocycles. The number of carbonyl (C=O) groups is 2.